The van der Waals surface area contributed by atoms with Crippen LogP contribution in [0, 0.1) is 10.1 Å². The van der Waals surface area contributed by atoms with Crippen LogP contribution in [0.4, 0.5) is 5.69 Å². The number of thiazole rings is 1. The fourth-order valence-electron chi connectivity index (χ4n) is 2.45. The molecule has 1 fully saturated rings. The Labute approximate surface area is 119 Å². The SMILES string of the molecule is O=[N+]([O-])c1c(OCC2CCCCN2)ccc2scnc12. The molecule has 1 aromatic carbocycles. The van der Waals surface area contributed by atoms with Crippen molar-refractivity contribution < 1.29 is 9.66 Å². The largest absolute Gasteiger partial charge is 0.485 e. The molecule has 0 aliphatic carbocycles. The van der Waals surface area contributed by atoms with E-state index in [1.807, 2.05) is 6.07 Å². The summed E-state index contributed by atoms with van der Waals surface area (Å²) in [5, 5.41) is 14.6. The third kappa shape index (κ3) is 2.59. The number of rotatable bonds is 4. The van der Waals surface area contributed by atoms with E-state index in [1.54, 1.807) is 11.6 Å². The van der Waals surface area contributed by atoms with Crippen LogP contribution in [-0.4, -0.2) is 29.1 Å². The van der Waals surface area contributed by atoms with Crippen LogP contribution in [0.15, 0.2) is 17.6 Å². The lowest BCUT2D eigenvalue weighted by atomic mass is 10.1. The van der Waals surface area contributed by atoms with Gasteiger partial charge in [-0.3, -0.25) is 10.1 Å². The number of hydrogen-bond donors (Lipinski definition) is 1. The number of nitrogens with one attached hydrogen (secondary N) is 1. The van der Waals surface area contributed by atoms with Crippen LogP contribution < -0.4 is 10.1 Å². The summed E-state index contributed by atoms with van der Waals surface area (Å²) in [6.07, 6.45) is 3.41. The number of nitrogens with zero attached hydrogens (tertiary/aromatic N) is 2. The number of nitro groups is 1. The first-order valence-electron chi connectivity index (χ1n) is 6.62. The third-order valence-corrected chi connectivity index (χ3v) is 4.27. The minimum absolute atomic E-state index is 0.0282. The Kier molecular flexibility index (Phi) is 3.79. The van der Waals surface area contributed by atoms with Crippen molar-refractivity contribution in [2.75, 3.05) is 13.2 Å². The molecule has 7 heteroatoms. The Morgan fingerprint density at radius 2 is 2.40 bits per heavy atom. The van der Waals surface area contributed by atoms with E-state index in [-0.39, 0.29) is 11.7 Å². The summed E-state index contributed by atoms with van der Waals surface area (Å²) in [5.41, 5.74) is 2.00. The molecule has 3 rings (SSSR count). The lowest BCUT2D eigenvalue weighted by Crippen LogP contribution is -2.38. The fourth-order valence-corrected chi connectivity index (χ4v) is 3.13. The molecule has 1 aliphatic rings. The quantitative estimate of drug-likeness (QED) is 0.692. The van der Waals surface area contributed by atoms with E-state index in [4.69, 9.17) is 4.74 Å². The normalized spacial score (nSPS) is 19.1. The molecule has 1 N–H and O–H groups in total. The molecule has 0 spiro atoms. The van der Waals surface area contributed by atoms with Gasteiger partial charge in [0.15, 0.2) is 11.3 Å². The summed E-state index contributed by atoms with van der Waals surface area (Å²) in [5.74, 6) is 0.306. The van der Waals surface area contributed by atoms with E-state index in [9.17, 15) is 10.1 Å². The first kappa shape index (κ1) is 13.3. The van der Waals surface area contributed by atoms with Gasteiger partial charge in [0.2, 0.25) is 0 Å². The smallest absolute Gasteiger partial charge is 0.337 e. The molecule has 0 radical (unpaired) electrons. The molecule has 106 valence electrons. The summed E-state index contributed by atoms with van der Waals surface area (Å²) in [6.45, 7) is 1.44. The van der Waals surface area contributed by atoms with Crippen molar-refractivity contribution in [2.24, 2.45) is 0 Å². The maximum atomic E-state index is 11.3. The molecule has 1 atom stereocenters. The third-order valence-electron chi connectivity index (χ3n) is 3.47. The average Bonchev–Trinajstić information content (AvgIpc) is 2.93. The van der Waals surface area contributed by atoms with E-state index in [0.717, 1.165) is 17.7 Å². The minimum atomic E-state index is -0.411. The van der Waals surface area contributed by atoms with Gasteiger partial charge < -0.3 is 10.1 Å². The standard InChI is InChI=1S/C13H15N3O3S/c17-16(18)13-10(4-5-11-12(13)15-8-20-11)19-7-9-3-1-2-6-14-9/h4-5,8-9,14H,1-3,6-7H2. The number of piperidine rings is 1. The number of hydrogen-bond acceptors (Lipinski definition) is 6. The van der Waals surface area contributed by atoms with Crippen LogP contribution in [0.2, 0.25) is 0 Å². The van der Waals surface area contributed by atoms with Gasteiger partial charge in [-0.05, 0) is 31.5 Å². The molecule has 6 nitrogen and oxygen atoms in total. The van der Waals surface area contributed by atoms with Crippen molar-refractivity contribution in [2.45, 2.75) is 25.3 Å². The van der Waals surface area contributed by atoms with Crippen LogP contribution in [0.3, 0.4) is 0 Å². The lowest BCUT2D eigenvalue weighted by Gasteiger charge is -2.23. The van der Waals surface area contributed by atoms with Gasteiger partial charge in [-0.25, -0.2) is 4.98 Å². The first-order valence-corrected chi connectivity index (χ1v) is 7.50. The second-order valence-electron chi connectivity index (χ2n) is 4.83. The molecule has 20 heavy (non-hydrogen) atoms. The van der Waals surface area contributed by atoms with Gasteiger partial charge in [0.05, 0.1) is 15.1 Å². The van der Waals surface area contributed by atoms with Gasteiger partial charge in [0.25, 0.3) is 0 Å². The van der Waals surface area contributed by atoms with Crippen LogP contribution in [0.25, 0.3) is 10.2 Å². The Morgan fingerprint density at radius 1 is 1.50 bits per heavy atom. The summed E-state index contributed by atoms with van der Waals surface area (Å²) in [6, 6.07) is 3.76. The molecule has 0 bridgehead atoms. The highest BCUT2D eigenvalue weighted by Crippen LogP contribution is 2.36. The summed E-state index contributed by atoms with van der Waals surface area (Å²) in [7, 11) is 0. The Bertz CT molecular complexity index is 622. The van der Waals surface area contributed by atoms with Crippen molar-refractivity contribution in [3.63, 3.8) is 0 Å². The monoisotopic (exact) mass is 293 g/mol. The molecular weight excluding hydrogens is 278 g/mol. The highest BCUT2D eigenvalue weighted by molar-refractivity contribution is 7.16. The highest BCUT2D eigenvalue weighted by Gasteiger charge is 2.23. The Balaban J connectivity index is 1.82. The summed E-state index contributed by atoms with van der Waals surface area (Å²) < 4.78 is 6.48. The molecule has 0 saturated carbocycles. The van der Waals surface area contributed by atoms with E-state index in [2.05, 4.69) is 10.3 Å². The van der Waals surface area contributed by atoms with Crippen LogP contribution in [-0.2, 0) is 0 Å². The van der Waals surface area contributed by atoms with Crippen molar-refractivity contribution >= 4 is 27.2 Å². The molecule has 1 saturated heterocycles. The zero-order valence-corrected chi connectivity index (χ0v) is 11.7. The van der Waals surface area contributed by atoms with Crippen molar-refractivity contribution in [3.8, 4) is 5.75 Å². The van der Waals surface area contributed by atoms with E-state index < -0.39 is 4.92 Å². The first-order chi connectivity index (χ1) is 9.75. The highest BCUT2D eigenvalue weighted by atomic mass is 32.1. The lowest BCUT2D eigenvalue weighted by molar-refractivity contribution is -0.384. The average molecular weight is 293 g/mol. The molecular formula is C13H15N3O3S. The molecule has 1 aromatic heterocycles. The summed E-state index contributed by atoms with van der Waals surface area (Å²) >= 11 is 1.39. The molecule has 1 unspecified atom stereocenters. The second kappa shape index (κ2) is 5.72. The zero-order valence-electron chi connectivity index (χ0n) is 10.9. The van der Waals surface area contributed by atoms with Gasteiger partial charge in [0.1, 0.15) is 6.61 Å². The number of fused-ring (bicyclic) bond motifs is 1. The minimum Gasteiger partial charge on any atom is -0.485 e. The Hall–Kier alpha value is -1.73. The fraction of sp³-hybridized carbons (Fsp3) is 0.462. The number of nitro benzene ring substituents is 1. The van der Waals surface area contributed by atoms with Crippen LogP contribution in [0.5, 0.6) is 5.75 Å². The van der Waals surface area contributed by atoms with E-state index in [0.29, 0.717) is 17.9 Å². The molecule has 0 amide bonds. The van der Waals surface area contributed by atoms with Gasteiger partial charge in [-0.15, -0.1) is 11.3 Å². The van der Waals surface area contributed by atoms with Crippen molar-refractivity contribution in [1.29, 1.82) is 0 Å². The maximum Gasteiger partial charge on any atom is 0.337 e. The second-order valence-corrected chi connectivity index (χ2v) is 5.71. The zero-order chi connectivity index (χ0) is 13.9. The van der Waals surface area contributed by atoms with Crippen LogP contribution in [0.1, 0.15) is 19.3 Å². The van der Waals surface area contributed by atoms with Crippen molar-refractivity contribution in [1.82, 2.24) is 10.3 Å². The van der Waals surface area contributed by atoms with E-state index >= 15 is 0 Å². The predicted molar refractivity (Wildman–Crippen MR) is 77.4 cm³/mol. The van der Waals surface area contributed by atoms with Crippen molar-refractivity contribution in [3.05, 3.63) is 27.8 Å². The topological polar surface area (TPSA) is 77.3 Å². The summed E-state index contributed by atoms with van der Waals surface area (Å²) in [4.78, 5) is 14.9. The molecule has 2 aromatic rings. The predicted octanol–water partition coefficient (Wildman–Crippen LogP) is 2.73. The molecule has 2 heterocycles. The molecule has 1 aliphatic heterocycles. The van der Waals surface area contributed by atoms with Crippen LogP contribution >= 0.6 is 11.3 Å². The van der Waals surface area contributed by atoms with Gasteiger partial charge in [-0.2, -0.15) is 0 Å². The van der Waals surface area contributed by atoms with Gasteiger partial charge in [0, 0.05) is 6.04 Å². The van der Waals surface area contributed by atoms with Gasteiger partial charge >= 0.3 is 5.69 Å². The number of ether oxygens (including phenoxy) is 1. The Morgan fingerprint density at radius 3 is 3.15 bits per heavy atom. The van der Waals surface area contributed by atoms with Gasteiger partial charge in [-0.1, -0.05) is 6.42 Å². The maximum absolute atomic E-state index is 11.3. The number of aromatic nitrogens is 1. The number of benzene rings is 1. The van der Waals surface area contributed by atoms with E-state index in [1.165, 1.54) is 24.2 Å².